The molecule has 2 aromatic rings. The maximum Gasteiger partial charge on any atom is 0.387 e. The highest BCUT2D eigenvalue weighted by atomic mass is 35.5. The summed E-state index contributed by atoms with van der Waals surface area (Å²) in [5.41, 5.74) is 0.440. The third-order valence-electron chi connectivity index (χ3n) is 3.11. The molecule has 0 aliphatic heterocycles. The fourth-order valence-electron chi connectivity index (χ4n) is 1.92. The Morgan fingerprint density at radius 1 is 1.16 bits per heavy atom. The predicted octanol–water partition coefficient (Wildman–Crippen LogP) is 3.57. The zero-order valence-corrected chi connectivity index (χ0v) is 14.4. The predicted molar refractivity (Wildman–Crippen MR) is 85.1 cm³/mol. The van der Waals surface area contributed by atoms with E-state index in [1.165, 1.54) is 25.3 Å². The Morgan fingerprint density at radius 3 is 2.48 bits per heavy atom. The summed E-state index contributed by atoms with van der Waals surface area (Å²) in [7, 11) is -2.67. The van der Waals surface area contributed by atoms with Crippen molar-refractivity contribution in [2.45, 2.75) is 18.1 Å². The highest BCUT2D eigenvalue weighted by Crippen LogP contribution is 2.29. The lowest BCUT2D eigenvalue weighted by Crippen LogP contribution is -2.23. The third kappa shape index (κ3) is 5.00. The molecule has 1 N–H and O–H groups in total. The Bertz CT molecular complexity index is 862. The van der Waals surface area contributed by atoms with Crippen molar-refractivity contribution in [1.29, 1.82) is 0 Å². The summed E-state index contributed by atoms with van der Waals surface area (Å²) in [5, 5.41) is -0.321. The van der Waals surface area contributed by atoms with E-state index in [0.29, 0.717) is 5.56 Å². The van der Waals surface area contributed by atoms with Crippen LogP contribution in [0.5, 0.6) is 11.5 Å². The molecule has 5 nitrogen and oxygen atoms in total. The fourth-order valence-corrected chi connectivity index (χ4v) is 3.21. The van der Waals surface area contributed by atoms with Gasteiger partial charge in [0.25, 0.3) is 0 Å². The van der Waals surface area contributed by atoms with E-state index in [9.17, 15) is 21.6 Å². The molecule has 0 aliphatic carbocycles. The lowest BCUT2D eigenvalue weighted by Gasteiger charge is -2.12. The second-order valence-corrected chi connectivity index (χ2v) is 6.94. The van der Waals surface area contributed by atoms with E-state index in [0.717, 1.165) is 18.2 Å². The van der Waals surface area contributed by atoms with E-state index >= 15 is 0 Å². The average molecular weight is 396 g/mol. The Labute approximate surface area is 147 Å². The maximum atomic E-state index is 13.1. The number of sulfonamides is 1. The van der Waals surface area contributed by atoms with Crippen molar-refractivity contribution in [2.75, 3.05) is 7.11 Å². The van der Waals surface area contributed by atoms with Gasteiger partial charge in [0.05, 0.1) is 17.0 Å². The van der Waals surface area contributed by atoms with Gasteiger partial charge in [0.2, 0.25) is 10.0 Å². The van der Waals surface area contributed by atoms with Crippen molar-refractivity contribution < 1.29 is 31.1 Å². The maximum absolute atomic E-state index is 13.1. The van der Waals surface area contributed by atoms with Gasteiger partial charge in [0.15, 0.2) is 11.5 Å². The van der Waals surface area contributed by atoms with Gasteiger partial charge in [0, 0.05) is 6.54 Å². The molecule has 0 bridgehead atoms. The Balaban J connectivity index is 2.15. The standard InChI is InChI=1S/C15H13ClF3NO4S/c1-23-14-6-9(2-5-13(14)24-15(18)19)8-20-25(21,22)10-3-4-12(17)11(16)7-10/h2-7,15,20H,8H2,1H3. The van der Waals surface area contributed by atoms with Crippen LogP contribution < -0.4 is 14.2 Å². The van der Waals surface area contributed by atoms with Crippen LogP contribution in [0.15, 0.2) is 41.3 Å². The first-order chi connectivity index (χ1) is 11.7. The minimum Gasteiger partial charge on any atom is -0.493 e. The second-order valence-electron chi connectivity index (χ2n) is 4.76. The van der Waals surface area contributed by atoms with Gasteiger partial charge >= 0.3 is 6.61 Å². The number of alkyl halides is 2. The molecule has 2 aromatic carbocycles. The molecule has 0 saturated carbocycles. The van der Waals surface area contributed by atoms with Crippen molar-refractivity contribution in [1.82, 2.24) is 4.72 Å². The number of hydrogen-bond donors (Lipinski definition) is 1. The number of rotatable bonds is 7. The van der Waals surface area contributed by atoms with E-state index in [1.807, 2.05) is 0 Å². The summed E-state index contributed by atoms with van der Waals surface area (Å²) >= 11 is 5.58. The minimum atomic E-state index is -3.94. The first kappa shape index (κ1) is 19.4. The largest absolute Gasteiger partial charge is 0.493 e. The van der Waals surface area contributed by atoms with Gasteiger partial charge in [-0.3, -0.25) is 0 Å². The van der Waals surface area contributed by atoms with Gasteiger partial charge < -0.3 is 9.47 Å². The zero-order valence-electron chi connectivity index (χ0n) is 12.8. The molecule has 25 heavy (non-hydrogen) atoms. The van der Waals surface area contributed by atoms with Crippen LogP contribution in [0.3, 0.4) is 0 Å². The van der Waals surface area contributed by atoms with E-state index < -0.39 is 22.5 Å². The Hall–Kier alpha value is -1.97. The molecular weight excluding hydrogens is 383 g/mol. The SMILES string of the molecule is COc1cc(CNS(=O)(=O)c2ccc(F)c(Cl)c2)ccc1OC(F)F. The average Bonchev–Trinajstić information content (AvgIpc) is 2.55. The number of nitrogens with one attached hydrogen (secondary N) is 1. The fraction of sp³-hybridized carbons (Fsp3) is 0.200. The summed E-state index contributed by atoms with van der Waals surface area (Å²) in [6.45, 7) is -3.16. The molecule has 0 heterocycles. The molecule has 0 aliphatic rings. The molecule has 0 fully saturated rings. The number of benzene rings is 2. The summed E-state index contributed by atoms with van der Waals surface area (Å²) in [5.74, 6) is -0.878. The van der Waals surface area contributed by atoms with Crippen LogP contribution in [0, 0.1) is 5.82 Å². The smallest absolute Gasteiger partial charge is 0.387 e. The van der Waals surface area contributed by atoms with Crippen LogP contribution in [-0.4, -0.2) is 22.1 Å². The van der Waals surface area contributed by atoms with Crippen LogP contribution in [0.1, 0.15) is 5.56 Å². The van der Waals surface area contributed by atoms with Gasteiger partial charge in [-0.15, -0.1) is 0 Å². The Kier molecular flexibility index (Phi) is 6.15. The Morgan fingerprint density at radius 2 is 1.88 bits per heavy atom. The summed E-state index contributed by atoms with van der Waals surface area (Å²) in [6.07, 6.45) is 0. The highest BCUT2D eigenvalue weighted by molar-refractivity contribution is 7.89. The van der Waals surface area contributed by atoms with Gasteiger partial charge in [0.1, 0.15) is 5.82 Å². The quantitative estimate of drug-likeness (QED) is 0.778. The summed E-state index contributed by atoms with van der Waals surface area (Å²) in [6, 6.07) is 7.00. The van der Waals surface area contributed by atoms with Crippen molar-refractivity contribution in [3.63, 3.8) is 0 Å². The van der Waals surface area contributed by atoms with E-state index in [1.54, 1.807) is 0 Å². The molecule has 2 rings (SSSR count). The van der Waals surface area contributed by atoms with Gasteiger partial charge in [-0.2, -0.15) is 8.78 Å². The third-order valence-corrected chi connectivity index (χ3v) is 4.80. The van der Waals surface area contributed by atoms with Crippen LogP contribution in [0.4, 0.5) is 13.2 Å². The molecule has 0 spiro atoms. The molecule has 10 heteroatoms. The molecule has 0 atom stereocenters. The van der Waals surface area contributed by atoms with Gasteiger partial charge in [-0.25, -0.2) is 17.5 Å². The molecular formula is C15H13ClF3NO4S. The number of methoxy groups -OCH3 is 1. The highest BCUT2D eigenvalue weighted by Gasteiger charge is 2.17. The zero-order chi connectivity index (χ0) is 18.6. The second kappa shape index (κ2) is 7.94. The van der Waals surface area contributed by atoms with Crippen LogP contribution in [0.2, 0.25) is 5.02 Å². The van der Waals surface area contributed by atoms with E-state index in [2.05, 4.69) is 9.46 Å². The van der Waals surface area contributed by atoms with Crippen LogP contribution in [0.25, 0.3) is 0 Å². The number of hydrogen-bond acceptors (Lipinski definition) is 4. The van der Waals surface area contributed by atoms with Crippen molar-refractivity contribution >= 4 is 21.6 Å². The lowest BCUT2D eigenvalue weighted by molar-refractivity contribution is -0.0512. The van der Waals surface area contributed by atoms with Crippen LogP contribution >= 0.6 is 11.6 Å². The van der Waals surface area contributed by atoms with Crippen molar-refractivity contribution in [3.8, 4) is 11.5 Å². The van der Waals surface area contributed by atoms with Gasteiger partial charge in [-0.05, 0) is 35.9 Å². The van der Waals surface area contributed by atoms with E-state index in [-0.39, 0.29) is 28.0 Å². The number of ether oxygens (including phenoxy) is 2. The van der Waals surface area contributed by atoms with Crippen molar-refractivity contribution in [3.05, 3.63) is 52.8 Å². The first-order valence-electron chi connectivity index (χ1n) is 6.79. The molecule has 136 valence electrons. The molecule has 0 radical (unpaired) electrons. The number of halogens is 4. The van der Waals surface area contributed by atoms with E-state index in [4.69, 9.17) is 16.3 Å². The molecule has 0 unspecified atom stereocenters. The molecule has 0 aromatic heterocycles. The van der Waals surface area contributed by atoms with Gasteiger partial charge in [-0.1, -0.05) is 17.7 Å². The monoisotopic (exact) mass is 395 g/mol. The normalized spacial score (nSPS) is 11.6. The topological polar surface area (TPSA) is 64.6 Å². The lowest BCUT2D eigenvalue weighted by atomic mass is 10.2. The molecule has 0 saturated heterocycles. The molecule has 0 amide bonds. The first-order valence-corrected chi connectivity index (χ1v) is 8.65. The van der Waals surface area contributed by atoms with Crippen LogP contribution in [-0.2, 0) is 16.6 Å². The summed E-state index contributed by atoms with van der Waals surface area (Å²) in [4.78, 5) is -0.205. The summed E-state index contributed by atoms with van der Waals surface area (Å²) < 4.78 is 73.6. The van der Waals surface area contributed by atoms with Crippen molar-refractivity contribution in [2.24, 2.45) is 0 Å². The minimum absolute atomic E-state index is 0.0295.